The van der Waals surface area contributed by atoms with Crippen molar-refractivity contribution >= 4 is 17.3 Å². The van der Waals surface area contributed by atoms with Gasteiger partial charge in [0.15, 0.2) is 0 Å². The van der Waals surface area contributed by atoms with E-state index in [9.17, 15) is 13.2 Å². The lowest BCUT2D eigenvalue weighted by molar-refractivity contribution is -0.137. The van der Waals surface area contributed by atoms with Gasteiger partial charge in [-0.1, -0.05) is 11.6 Å². The van der Waals surface area contributed by atoms with Gasteiger partial charge in [-0.05, 0) is 18.2 Å². The molecule has 0 atom stereocenters. The van der Waals surface area contributed by atoms with Gasteiger partial charge < -0.3 is 10.5 Å². The zero-order valence-electron chi connectivity index (χ0n) is 9.41. The van der Waals surface area contributed by atoms with Gasteiger partial charge >= 0.3 is 6.18 Å². The van der Waals surface area contributed by atoms with Gasteiger partial charge in [-0.25, -0.2) is 0 Å². The Kier molecular flexibility index (Phi) is 3.53. The van der Waals surface area contributed by atoms with Gasteiger partial charge in [0.05, 0.1) is 11.3 Å². The number of ether oxygens (including phenoxy) is 1. The molecule has 0 aliphatic rings. The van der Waals surface area contributed by atoms with E-state index in [-0.39, 0.29) is 22.2 Å². The van der Waals surface area contributed by atoms with Crippen LogP contribution in [0.2, 0.25) is 5.02 Å². The Morgan fingerprint density at radius 3 is 2.47 bits per heavy atom. The van der Waals surface area contributed by atoms with Crippen LogP contribution in [0, 0.1) is 0 Å². The third-order valence-corrected chi connectivity index (χ3v) is 2.58. The van der Waals surface area contributed by atoms with Crippen LogP contribution in [0.5, 0.6) is 11.5 Å². The van der Waals surface area contributed by atoms with Crippen LogP contribution < -0.4 is 10.5 Å². The fraction of sp³-hybridized carbons (Fsp3) is 0.0833. The fourth-order valence-corrected chi connectivity index (χ4v) is 1.54. The summed E-state index contributed by atoms with van der Waals surface area (Å²) < 4.78 is 42.7. The minimum atomic E-state index is -4.44. The lowest BCUT2D eigenvalue weighted by atomic mass is 10.2. The number of benzene rings is 1. The molecule has 2 rings (SSSR count). The molecule has 0 radical (unpaired) electrons. The Bertz CT molecular complexity index is 602. The normalized spacial score (nSPS) is 11.4. The van der Waals surface area contributed by atoms with Gasteiger partial charge in [-0.2, -0.15) is 13.2 Å². The molecule has 0 unspecified atom stereocenters. The topological polar surface area (TPSA) is 48.1 Å². The number of nitrogen functional groups attached to an aromatic ring is 1. The number of nitrogens with zero attached hydrogens (tertiary/aromatic N) is 1. The molecule has 7 heteroatoms. The fourth-order valence-electron chi connectivity index (χ4n) is 1.38. The summed E-state index contributed by atoms with van der Waals surface area (Å²) in [4.78, 5) is 3.76. The van der Waals surface area contributed by atoms with E-state index in [0.29, 0.717) is 0 Å². The van der Waals surface area contributed by atoms with Gasteiger partial charge in [0.25, 0.3) is 0 Å². The number of halogens is 4. The summed E-state index contributed by atoms with van der Waals surface area (Å²) >= 11 is 5.82. The lowest BCUT2D eigenvalue weighted by Gasteiger charge is -2.12. The Balaban J connectivity index is 2.30. The SMILES string of the molecule is Nc1cc(C(F)(F)F)ccc1Oc1ccncc1Cl. The van der Waals surface area contributed by atoms with E-state index in [1.165, 1.54) is 18.5 Å². The Morgan fingerprint density at radius 1 is 1.16 bits per heavy atom. The van der Waals surface area contributed by atoms with Crippen LogP contribution in [-0.4, -0.2) is 4.98 Å². The maximum atomic E-state index is 12.5. The van der Waals surface area contributed by atoms with Crippen LogP contribution in [0.4, 0.5) is 18.9 Å². The van der Waals surface area contributed by atoms with Crippen molar-refractivity contribution in [2.75, 3.05) is 5.73 Å². The highest BCUT2D eigenvalue weighted by molar-refractivity contribution is 6.31. The van der Waals surface area contributed by atoms with Crippen LogP contribution in [0.15, 0.2) is 36.7 Å². The molecule has 2 aromatic rings. The Labute approximate surface area is 111 Å². The van der Waals surface area contributed by atoms with Gasteiger partial charge in [-0.3, -0.25) is 4.98 Å². The van der Waals surface area contributed by atoms with Crippen molar-refractivity contribution in [3.05, 3.63) is 47.2 Å². The number of nitrogens with two attached hydrogens (primary N) is 1. The lowest BCUT2D eigenvalue weighted by Crippen LogP contribution is -2.06. The molecule has 0 saturated carbocycles. The first kappa shape index (κ1) is 13.5. The Hall–Kier alpha value is -1.95. The molecule has 0 aliphatic heterocycles. The smallest absolute Gasteiger partial charge is 0.416 e. The first-order chi connectivity index (χ1) is 8.88. The summed E-state index contributed by atoms with van der Waals surface area (Å²) in [5.41, 5.74) is 4.57. The van der Waals surface area contributed by atoms with Crippen molar-refractivity contribution in [1.29, 1.82) is 0 Å². The molecule has 0 saturated heterocycles. The average Bonchev–Trinajstić information content (AvgIpc) is 2.33. The van der Waals surface area contributed by atoms with E-state index in [1.54, 1.807) is 0 Å². The number of rotatable bonds is 2. The van der Waals surface area contributed by atoms with Crippen molar-refractivity contribution < 1.29 is 17.9 Å². The molecule has 19 heavy (non-hydrogen) atoms. The second-order valence-electron chi connectivity index (χ2n) is 3.66. The summed E-state index contributed by atoms with van der Waals surface area (Å²) in [7, 11) is 0. The summed E-state index contributed by atoms with van der Waals surface area (Å²) in [6.45, 7) is 0. The number of aromatic nitrogens is 1. The van der Waals surface area contributed by atoms with Crippen LogP contribution in [0.3, 0.4) is 0 Å². The molecule has 0 spiro atoms. The molecule has 100 valence electrons. The second-order valence-corrected chi connectivity index (χ2v) is 4.07. The first-order valence-electron chi connectivity index (χ1n) is 5.12. The first-order valence-corrected chi connectivity index (χ1v) is 5.50. The Morgan fingerprint density at radius 2 is 1.89 bits per heavy atom. The summed E-state index contributed by atoms with van der Waals surface area (Å²) in [6.07, 6.45) is -1.64. The van der Waals surface area contributed by atoms with Crippen molar-refractivity contribution in [2.24, 2.45) is 0 Å². The van der Waals surface area contributed by atoms with Gasteiger partial charge in [-0.15, -0.1) is 0 Å². The average molecular weight is 289 g/mol. The van der Waals surface area contributed by atoms with Crippen molar-refractivity contribution in [2.45, 2.75) is 6.18 Å². The van der Waals surface area contributed by atoms with E-state index >= 15 is 0 Å². The van der Waals surface area contributed by atoms with Crippen molar-refractivity contribution in [1.82, 2.24) is 4.98 Å². The van der Waals surface area contributed by atoms with Crippen molar-refractivity contribution in [3.8, 4) is 11.5 Å². The molecule has 2 N–H and O–H groups in total. The number of anilines is 1. The third-order valence-electron chi connectivity index (χ3n) is 2.29. The minimum absolute atomic E-state index is 0.0982. The number of hydrogen-bond donors (Lipinski definition) is 1. The minimum Gasteiger partial charge on any atom is -0.454 e. The van der Waals surface area contributed by atoms with Gasteiger partial charge in [0, 0.05) is 18.5 Å². The number of pyridine rings is 1. The van der Waals surface area contributed by atoms with E-state index in [2.05, 4.69) is 4.98 Å². The molecular formula is C12H8ClF3N2O. The molecule has 1 aromatic heterocycles. The predicted octanol–water partition coefficient (Wildman–Crippen LogP) is 4.13. The highest BCUT2D eigenvalue weighted by Crippen LogP contribution is 2.36. The summed E-state index contributed by atoms with van der Waals surface area (Å²) in [5.74, 6) is 0.365. The molecule has 0 amide bonds. The quantitative estimate of drug-likeness (QED) is 0.845. The molecule has 1 aromatic carbocycles. The third kappa shape index (κ3) is 3.08. The maximum absolute atomic E-state index is 12.5. The van der Waals surface area contributed by atoms with E-state index in [4.69, 9.17) is 22.1 Å². The molecule has 0 fully saturated rings. The largest absolute Gasteiger partial charge is 0.454 e. The summed E-state index contributed by atoms with van der Waals surface area (Å²) in [6, 6.07) is 4.33. The number of alkyl halides is 3. The molecule has 0 bridgehead atoms. The molecule has 0 aliphatic carbocycles. The van der Waals surface area contributed by atoms with E-state index < -0.39 is 11.7 Å². The predicted molar refractivity (Wildman–Crippen MR) is 65.2 cm³/mol. The monoisotopic (exact) mass is 288 g/mol. The molecular weight excluding hydrogens is 281 g/mol. The van der Waals surface area contributed by atoms with Crippen molar-refractivity contribution in [3.63, 3.8) is 0 Å². The standard InChI is InChI=1S/C12H8ClF3N2O/c13-8-6-18-4-3-10(8)19-11-2-1-7(5-9(11)17)12(14,15)16/h1-6H,17H2. The zero-order chi connectivity index (χ0) is 14.0. The summed E-state index contributed by atoms with van der Waals surface area (Å²) in [5, 5.41) is 0.238. The van der Waals surface area contributed by atoms with Crippen LogP contribution >= 0.6 is 11.6 Å². The highest BCUT2D eigenvalue weighted by Gasteiger charge is 2.31. The molecule has 3 nitrogen and oxygen atoms in total. The zero-order valence-corrected chi connectivity index (χ0v) is 10.2. The number of hydrogen-bond acceptors (Lipinski definition) is 3. The molecule has 1 heterocycles. The highest BCUT2D eigenvalue weighted by atomic mass is 35.5. The van der Waals surface area contributed by atoms with Crippen LogP contribution in [0.25, 0.3) is 0 Å². The van der Waals surface area contributed by atoms with E-state index in [1.807, 2.05) is 0 Å². The maximum Gasteiger partial charge on any atom is 0.416 e. The van der Waals surface area contributed by atoms with Gasteiger partial charge in [0.1, 0.15) is 16.5 Å². The van der Waals surface area contributed by atoms with E-state index in [0.717, 1.165) is 18.2 Å². The van der Waals surface area contributed by atoms with Crippen LogP contribution in [-0.2, 0) is 6.18 Å². The van der Waals surface area contributed by atoms with Crippen LogP contribution in [0.1, 0.15) is 5.56 Å². The second kappa shape index (κ2) is 4.97. The van der Waals surface area contributed by atoms with Gasteiger partial charge in [0.2, 0.25) is 0 Å².